The van der Waals surface area contributed by atoms with Crippen LogP contribution in [-0.4, -0.2) is 23.0 Å². The van der Waals surface area contributed by atoms with Crippen molar-refractivity contribution in [1.29, 1.82) is 0 Å². The molecule has 7 nitrogen and oxygen atoms in total. The molecule has 0 saturated heterocycles. The zero-order chi connectivity index (χ0) is 17.0. The zero-order valence-corrected chi connectivity index (χ0v) is 11.9. The van der Waals surface area contributed by atoms with Gasteiger partial charge in [-0.1, -0.05) is 36.8 Å². The lowest BCUT2D eigenvalue weighted by Crippen LogP contribution is -2.22. The lowest BCUT2D eigenvalue weighted by atomic mass is 10.1. The van der Waals surface area contributed by atoms with E-state index in [0.717, 1.165) is 12.8 Å². The first-order valence-electron chi connectivity index (χ1n) is 6.73. The van der Waals surface area contributed by atoms with E-state index < -0.39 is 23.7 Å². The number of unbranched alkanes of at least 4 members (excludes halogenated alkanes) is 3. The molecule has 0 atom stereocenters. The van der Waals surface area contributed by atoms with Crippen molar-refractivity contribution < 1.29 is 34.8 Å². The molecule has 0 aliphatic rings. The van der Waals surface area contributed by atoms with E-state index in [1.165, 1.54) is 24.3 Å². The summed E-state index contributed by atoms with van der Waals surface area (Å²) >= 11 is 0. The van der Waals surface area contributed by atoms with Gasteiger partial charge in [0.2, 0.25) is 0 Å². The molecule has 0 unspecified atom stereocenters. The Bertz CT molecular complexity index is 478. The van der Waals surface area contributed by atoms with Crippen molar-refractivity contribution in [2.75, 3.05) is 0 Å². The second-order valence-corrected chi connectivity index (χ2v) is 4.46. The maximum atomic E-state index is 10.7. The predicted octanol–water partition coefficient (Wildman–Crippen LogP) is -0.715. The number of benzene rings is 1. The van der Waals surface area contributed by atoms with Gasteiger partial charge in [-0.25, -0.2) is 4.79 Å². The maximum absolute atomic E-state index is 10.7. The highest BCUT2D eigenvalue weighted by Crippen LogP contribution is 2.10. The standard InChI is InChI=1S/C8H14O4.C7H6O3/c9-7(10)5-3-1-2-4-6-8(11)12;8-6-4-2-1-3-5(6)7(9)10/h1-6H2,(H,9,10)(H,11,12);1-4,8H,(H,9,10)/p-3. The molecule has 22 heavy (non-hydrogen) atoms. The van der Waals surface area contributed by atoms with Gasteiger partial charge in [0.25, 0.3) is 0 Å². The van der Waals surface area contributed by atoms with Crippen molar-refractivity contribution >= 4 is 17.9 Å². The maximum Gasteiger partial charge on any atom is 0.335 e. The van der Waals surface area contributed by atoms with E-state index in [2.05, 4.69) is 0 Å². The van der Waals surface area contributed by atoms with E-state index in [9.17, 15) is 29.7 Å². The van der Waals surface area contributed by atoms with Gasteiger partial charge in [0.1, 0.15) is 0 Å². The molecule has 1 rings (SSSR count). The lowest BCUT2D eigenvalue weighted by Gasteiger charge is -2.07. The van der Waals surface area contributed by atoms with Crippen molar-refractivity contribution in [3.8, 4) is 5.75 Å². The molecule has 0 saturated carbocycles. The molecular weight excluding hydrogens is 292 g/mol. The highest BCUT2D eigenvalue weighted by molar-refractivity contribution is 5.90. The smallest absolute Gasteiger partial charge is 0.335 e. The molecule has 0 aliphatic heterocycles. The number of carbonyl (C=O) groups excluding carboxylic acids is 2. The van der Waals surface area contributed by atoms with E-state index in [0.29, 0.717) is 12.8 Å². The first kappa shape index (κ1) is 19.4. The second kappa shape index (κ2) is 11.1. The molecule has 122 valence electrons. The SMILES string of the molecule is O=C(O)c1ccccc1[O-].O=C([O-])CCCCCCC(=O)[O-]. The van der Waals surface area contributed by atoms with Gasteiger partial charge in [0.15, 0.2) is 0 Å². The van der Waals surface area contributed by atoms with Crippen LogP contribution in [0.1, 0.15) is 48.9 Å². The van der Waals surface area contributed by atoms with Crippen LogP contribution in [0, 0.1) is 0 Å². The Morgan fingerprint density at radius 3 is 1.64 bits per heavy atom. The molecule has 1 aromatic carbocycles. The summed E-state index contributed by atoms with van der Waals surface area (Å²) in [5, 5.41) is 38.9. The van der Waals surface area contributed by atoms with Crippen LogP contribution in [0.5, 0.6) is 5.75 Å². The average molecular weight is 309 g/mol. The van der Waals surface area contributed by atoms with Gasteiger partial charge in [0.05, 0.1) is 5.56 Å². The first-order valence-corrected chi connectivity index (χ1v) is 6.73. The van der Waals surface area contributed by atoms with Crippen LogP contribution in [0.3, 0.4) is 0 Å². The van der Waals surface area contributed by atoms with E-state index in [1.807, 2.05) is 0 Å². The summed E-state index contributed by atoms with van der Waals surface area (Å²) in [4.78, 5) is 30.1. The monoisotopic (exact) mass is 309 g/mol. The number of rotatable bonds is 8. The van der Waals surface area contributed by atoms with Gasteiger partial charge < -0.3 is 30.0 Å². The first-order chi connectivity index (χ1) is 10.3. The molecular formula is C15H17O7-3. The number of carboxylic acids is 3. The summed E-state index contributed by atoms with van der Waals surface area (Å²) in [5.41, 5.74) is -0.178. The molecule has 0 spiro atoms. The summed E-state index contributed by atoms with van der Waals surface area (Å²) in [7, 11) is 0. The third-order valence-corrected chi connectivity index (χ3v) is 2.63. The quantitative estimate of drug-likeness (QED) is 0.625. The minimum absolute atomic E-state index is 0.0608. The Labute approximate surface area is 127 Å². The van der Waals surface area contributed by atoms with Gasteiger partial charge in [-0.3, -0.25) is 0 Å². The number of carboxylic acid groups (broad SMARTS) is 3. The second-order valence-electron chi connectivity index (χ2n) is 4.46. The van der Waals surface area contributed by atoms with Crippen LogP contribution in [0.25, 0.3) is 0 Å². The van der Waals surface area contributed by atoms with Crippen LogP contribution in [-0.2, 0) is 9.59 Å². The van der Waals surface area contributed by atoms with Crippen LogP contribution < -0.4 is 15.3 Å². The Hall–Kier alpha value is -2.57. The summed E-state index contributed by atoms with van der Waals surface area (Å²) < 4.78 is 0. The Morgan fingerprint density at radius 2 is 1.32 bits per heavy atom. The Balaban J connectivity index is 0.000000406. The number of hydrogen-bond donors (Lipinski definition) is 1. The van der Waals surface area contributed by atoms with Crippen molar-refractivity contribution in [1.82, 2.24) is 0 Å². The van der Waals surface area contributed by atoms with Crippen LogP contribution in [0.4, 0.5) is 0 Å². The van der Waals surface area contributed by atoms with Crippen LogP contribution >= 0.6 is 0 Å². The highest BCUT2D eigenvalue weighted by atomic mass is 16.4. The fourth-order valence-electron chi connectivity index (χ4n) is 1.54. The number of para-hydroxylation sites is 1. The van der Waals surface area contributed by atoms with E-state index in [1.54, 1.807) is 0 Å². The molecule has 7 heteroatoms. The Morgan fingerprint density at radius 1 is 0.864 bits per heavy atom. The largest absolute Gasteiger partial charge is 0.872 e. The highest BCUT2D eigenvalue weighted by Gasteiger charge is 1.99. The molecule has 1 N–H and O–H groups in total. The minimum Gasteiger partial charge on any atom is -0.872 e. The molecule has 1 aromatic rings. The van der Waals surface area contributed by atoms with E-state index >= 15 is 0 Å². The fraction of sp³-hybridized carbons (Fsp3) is 0.400. The third-order valence-electron chi connectivity index (χ3n) is 2.63. The third kappa shape index (κ3) is 10.2. The molecule has 0 radical (unpaired) electrons. The van der Waals surface area contributed by atoms with Crippen LogP contribution in [0.2, 0.25) is 0 Å². The minimum atomic E-state index is -1.18. The van der Waals surface area contributed by atoms with E-state index in [-0.39, 0.29) is 18.4 Å². The molecule has 0 fully saturated rings. The summed E-state index contributed by atoms with van der Waals surface area (Å²) in [6.07, 6.45) is 2.73. The summed E-state index contributed by atoms with van der Waals surface area (Å²) in [6, 6.07) is 5.54. The predicted molar refractivity (Wildman–Crippen MR) is 70.6 cm³/mol. The van der Waals surface area contributed by atoms with Crippen molar-refractivity contribution in [3.05, 3.63) is 29.8 Å². The molecule has 0 bridgehead atoms. The number of hydrogen-bond acceptors (Lipinski definition) is 6. The van der Waals surface area contributed by atoms with E-state index in [4.69, 9.17) is 5.11 Å². The molecule has 0 aliphatic carbocycles. The lowest BCUT2D eigenvalue weighted by molar-refractivity contribution is -0.307. The molecule has 0 amide bonds. The topological polar surface area (TPSA) is 141 Å². The normalized spacial score (nSPS) is 9.45. The van der Waals surface area contributed by atoms with Gasteiger partial charge in [0, 0.05) is 11.9 Å². The fourth-order valence-corrected chi connectivity index (χ4v) is 1.54. The van der Waals surface area contributed by atoms with Gasteiger partial charge in [-0.05, 0) is 31.7 Å². The summed E-state index contributed by atoms with van der Waals surface area (Å²) in [6.45, 7) is 0. The summed E-state index contributed by atoms with van der Waals surface area (Å²) in [5.74, 6) is -3.72. The number of aliphatic carboxylic acids is 2. The number of carbonyl (C=O) groups is 3. The van der Waals surface area contributed by atoms with Crippen LogP contribution in [0.15, 0.2) is 24.3 Å². The molecule has 0 heterocycles. The average Bonchev–Trinajstić information content (AvgIpc) is 2.43. The Kier molecular flexibility index (Phi) is 9.83. The van der Waals surface area contributed by atoms with Gasteiger partial charge in [-0.2, -0.15) is 0 Å². The van der Waals surface area contributed by atoms with Gasteiger partial charge >= 0.3 is 5.97 Å². The zero-order valence-electron chi connectivity index (χ0n) is 11.9. The van der Waals surface area contributed by atoms with Crippen molar-refractivity contribution in [2.24, 2.45) is 0 Å². The van der Waals surface area contributed by atoms with Crippen molar-refractivity contribution in [2.45, 2.75) is 38.5 Å². The number of aromatic carboxylic acids is 1. The molecule has 0 aromatic heterocycles. The van der Waals surface area contributed by atoms with Crippen molar-refractivity contribution in [3.63, 3.8) is 0 Å². The van der Waals surface area contributed by atoms with Gasteiger partial charge in [-0.15, -0.1) is 0 Å².